The highest BCUT2D eigenvalue weighted by molar-refractivity contribution is 5.88. The highest BCUT2D eigenvalue weighted by atomic mass is 15.2. The zero-order valence-corrected chi connectivity index (χ0v) is 10.1. The van der Waals surface area contributed by atoms with Crippen molar-refractivity contribution in [2.75, 3.05) is 0 Å². The van der Waals surface area contributed by atoms with Crippen LogP contribution in [0.1, 0.15) is 19.2 Å². The molecule has 2 aromatic heterocycles. The second kappa shape index (κ2) is 4.52. The Kier molecular flexibility index (Phi) is 2.72. The fraction of sp³-hybridized carbons (Fsp3) is 0.231. The number of fused-ring (bicyclic) bond motifs is 1. The van der Waals surface area contributed by atoms with E-state index in [1.807, 2.05) is 18.2 Å². The minimum absolute atomic E-state index is 0.685. The lowest BCUT2D eigenvalue weighted by Crippen LogP contribution is -1.89. The number of aromatic nitrogens is 5. The van der Waals surface area contributed by atoms with Crippen LogP contribution < -0.4 is 0 Å². The molecule has 0 unspecified atom stereocenters. The van der Waals surface area contributed by atoms with Gasteiger partial charge in [0.25, 0.3) is 0 Å². The van der Waals surface area contributed by atoms with Crippen molar-refractivity contribution in [2.24, 2.45) is 0 Å². The number of para-hydroxylation sites is 1. The molecular weight excluding hydrogens is 226 g/mol. The van der Waals surface area contributed by atoms with Gasteiger partial charge < -0.3 is 0 Å². The normalized spacial score (nSPS) is 10.9. The van der Waals surface area contributed by atoms with E-state index in [1.54, 1.807) is 12.4 Å². The van der Waals surface area contributed by atoms with Gasteiger partial charge in [0, 0.05) is 24.4 Å². The maximum Gasteiger partial charge on any atom is 0.183 e. The van der Waals surface area contributed by atoms with Gasteiger partial charge in [-0.15, -0.1) is 0 Å². The minimum atomic E-state index is 0.685. The molecule has 0 spiro atoms. The maximum atomic E-state index is 4.49. The summed E-state index contributed by atoms with van der Waals surface area (Å²) in [6.07, 6.45) is 5.32. The smallest absolute Gasteiger partial charge is 0.183 e. The number of hydrogen-bond acceptors (Lipinski definition) is 4. The van der Waals surface area contributed by atoms with Crippen LogP contribution in [0.25, 0.3) is 22.4 Å². The Morgan fingerprint density at radius 3 is 2.94 bits per heavy atom. The Morgan fingerprint density at radius 1 is 1.17 bits per heavy atom. The fourth-order valence-electron chi connectivity index (χ4n) is 1.94. The third-order valence-electron chi connectivity index (χ3n) is 2.76. The summed E-state index contributed by atoms with van der Waals surface area (Å²) in [5, 5.41) is 7.21. The summed E-state index contributed by atoms with van der Waals surface area (Å²) in [7, 11) is 0. The van der Waals surface area contributed by atoms with Crippen molar-refractivity contribution in [2.45, 2.75) is 19.8 Å². The van der Waals surface area contributed by atoms with Crippen LogP contribution in [0.3, 0.4) is 0 Å². The molecular formula is C13H13N5. The number of aryl methyl sites for hydroxylation is 1. The van der Waals surface area contributed by atoms with E-state index in [1.165, 1.54) is 0 Å². The molecule has 0 saturated heterocycles. The van der Waals surface area contributed by atoms with Gasteiger partial charge in [-0.1, -0.05) is 13.0 Å². The van der Waals surface area contributed by atoms with E-state index in [9.17, 15) is 0 Å². The Morgan fingerprint density at radius 2 is 2.06 bits per heavy atom. The molecule has 0 radical (unpaired) electrons. The van der Waals surface area contributed by atoms with Crippen molar-refractivity contribution in [1.82, 2.24) is 25.1 Å². The number of nitrogens with zero attached hydrogens (tertiary/aromatic N) is 4. The predicted octanol–water partition coefficient (Wildman–Crippen LogP) is 2.37. The lowest BCUT2D eigenvalue weighted by molar-refractivity contribution is 0.841. The van der Waals surface area contributed by atoms with Gasteiger partial charge in [0.05, 0.1) is 11.0 Å². The number of nitrogens with one attached hydrogen (secondary N) is 1. The number of benzene rings is 1. The second-order valence-corrected chi connectivity index (χ2v) is 4.09. The third-order valence-corrected chi connectivity index (χ3v) is 2.76. The molecule has 18 heavy (non-hydrogen) atoms. The van der Waals surface area contributed by atoms with Gasteiger partial charge in [-0.2, -0.15) is 5.10 Å². The molecule has 0 atom stereocenters. The van der Waals surface area contributed by atoms with Gasteiger partial charge in [-0.3, -0.25) is 15.1 Å². The van der Waals surface area contributed by atoms with Crippen LogP contribution in [0.2, 0.25) is 0 Å². The number of aromatic amines is 1. The average molecular weight is 239 g/mol. The van der Waals surface area contributed by atoms with E-state index in [0.717, 1.165) is 35.3 Å². The van der Waals surface area contributed by atoms with Gasteiger partial charge in [0.2, 0.25) is 0 Å². The molecule has 0 amide bonds. The topological polar surface area (TPSA) is 67.3 Å². The highest BCUT2D eigenvalue weighted by Crippen LogP contribution is 2.22. The van der Waals surface area contributed by atoms with Crippen LogP contribution in [0.5, 0.6) is 0 Å². The summed E-state index contributed by atoms with van der Waals surface area (Å²) >= 11 is 0. The molecule has 2 heterocycles. The summed E-state index contributed by atoms with van der Waals surface area (Å²) in [4.78, 5) is 13.1. The molecule has 1 aromatic carbocycles. The van der Waals surface area contributed by atoms with Crippen LogP contribution in [0, 0.1) is 0 Å². The Bertz CT molecular complexity index is 668. The van der Waals surface area contributed by atoms with E-state index in [2.05, 4.69) is 32.1 Å². The molecule has 5 nitrogen and oxygen atoms in total. The van der Waals surface area contributed by atoms with Gasteiger partial charge in [-0.25, -0.2) is 4.98 Å². The molecule has 0 bridgehead atoms. The van der Waals surface area contributed by atoms with Crippen LogP contribution >= 0.6 is 0 Å². The molecule has 0 saturated carbocycles. The molecule has 0 fully saturated rings. The van der Waals surface area contributed by atoms with Crippen molar-refractivity contribution >= 4 is 11.0 Å². The van der Waals surface area contributed by atoms with Crippen LogP contribution in [0.4, 0.5) is 0 Å². The maximum absolute atomic E-state index is 4.49. The summed E-state index contributed by atoms with van der Waals surface area (Å²) in [5.74, 6) is 1.60. The fourth-order valence-corrected chi connectivity index (χ4v) is 1.94. The Hall–Kier alpha value is -2.30. The molecule has 3 aromatic rings. The molecule has 0 aliphatic carbocycles. The molecule has 5 heteroatoms. The van der Waals surface area contributed by atoms with Crippen LogP contribution in [0.15, 0.2) is 30.6 Å². The van der Waals surface area contributed by atoms with Crippen molar-refractivity contribution in [3.63, 3.8) is 0 Å². The van der Waals surface area contributed by atoms with E-state index in [0.29, 0.717) is 5.82 Å². The predicted molar refractivity (Wildman–Crippen MR) is 68.9 cm³/mol. The number of H-pyrrole nitrogens is 1. The van der Waals surface area contributed by atoms with Crippen LogP contribution in [-0.4, -0.2) is 25.1 Å². The first-order valence-corrected chi connectivity index (χ1v) is 6.00. The zero-order valence-electron chi connectivity index (χ0n) is 10.1. The standard InChI is InChI=1S/C13H13N5/c1-2-4-11-16-13(18-17-11)9-5-3-6-10-12(9)15-8-7-14-10/h3,5-8H,2,4H2,1H3,(H,16,17,18). The van der Waals surface area contributed by atoms with E-state index in [4.69, 9.17) is 0 Å². The number of rotatable bonds is 3. The zero-order chi connectivity index (χ0) is 12.4. The first kappa shape index (κ1) is 10.8. The van der Waals surface area contributed by atoms with Crippen molar-refractivity contribution in [3.05, 3.63) is 36.4 Å². The van der Waals surface area contributed by atoms with Gasteiger partial charge in [0.15, 0.2) is 5.82 Å². The van der Waals surface area contributed by atoms with E-state index < -0.39 is 0 Å². The third kappa shape index (κ3) is 1.84. The summed E-state index contributed by atoms with van der Waals surface area (Å²) in [6, 6.07) is 5.85. The number of hydrogen-bond donors (Lipinski definition) is 1. The van der Waals surface area contributed by atoms with Crippen molar-refractivity contribution < 1.29 is 0 Å². The largest absolute Gasteiger partial charge is 0.263 e. The molecule has 0 aliphatic heterocycles. The monoisotopic (exact) mass is 239 g/mol. The molecule has 0 aliphatic rings. The summed E-state index contributed by atoms with van der Waals surface area (Å²) in [6.45, 7) is 2.12. The summed E-state index contributed by atoms with van der Waals surface area (Å²) < 4.78 is 0. The minimum Gasteiger partial charge on any atom is -0.263 e. The lowest BCUT2D eigenvalue weighted by Gasteiger charge is -2.00. The molecule has 1 N–H and O–H groups in total. The summed E-state index contributed by atoms with van der Waals surface area (Å²) in [5.41, 5.74) is 2.61. The quantitative estimate of drug-likeness (QED) is 0.761. The Balaban J connectivity index is 2.12. The second-order valence-electron chi connectivity index (χ2n) is 4.09. The first-order chi connectivity index (χ1) is 8.88. The van der Waals surface area contributed by atoms with Crippen LogP contribution in [-0.2, 0) is 6.42 Å². The van der Waals surface area contributed by atoms with Gasteiger partial charge >= 0.3 is 0 Å². The van der Waals surface area contributed by atoms with E-state index >= 15 is 0 Å². The molecule has 90 valence electrons. The highest BCUT2D eigenvalue weighted by Gasteiger charge is 2.10. The van der Waals surface area contributed by atoms with Crippen molar-refractivity contribution in [1.29, 1.82) is 0 Å². The average Bonchev–Trinajstić information content (AvgIpc) is 2.87. The van der Waals surface area contributed by atoms with Gasteiger partial charge in [-0.05, 0) is 18.6 Å². The lowest BCUT2D eigenvalue weighted by atomic mass is 10.1. The Labute approximate surface area is 104 Å². The van der Waals surface area contributed by atoms with Gasteiger partial charge in [0.1, 0.15) is 5.82 Å². The molecule has 3 rings (SSSR count). The first-order valence-electron chi connectivity index (χ1n) is 6.00. The SMILES string of the molecule is CCCc1nc(-c2cccc3nccnc23)n[nH]1. The van der Waals surface area contributed by atoms with E-state index in [-0.39, 0.29) is 0 Å². The van der Waals surface area contributed by atoms with Crippen molar-refractivity contribution in [3.8, 4) is 11.4 Å².